The molecule has 0 saturated heterocycles. The Balaban J connectivity index is 2.15. The molecule has 3 aromatic rings. The molecule has 138 valence electrons. The van der Waals surface area contributed by atoms with E-state index in [0.717, 1.165) is 42.7 Å². The third kappa shape index (κ3) is 3.75. The molecule has 0 saturated carbocycles. The Labute approximate surface area is 155 Å². The molecular formula is C22H29N3O. The van der Waals surface area contributed by atoms with Crippen LogP contribution in [0.15, 0.2) is 36.4 Å². The Bertz CT molecular complexity index is 890. The molecule has 26 heavy (non-hydrogen) atoms. The van der Waals surface area contributed by atoms with Crippen molar-refractivity contribution in [1.82, 2.24) is 9.97 Å². The van der Waals surface area contributed by atoms with Crippen LogP contribution in [0.25, 0.3) is 22.3 Å². The molecule has 4 nitrogen and oxygen atoms in total. The van der Waals surface area contributed by atoms with Crippen molar-refractivity contribution in [3.8, 4) is 17.3 Å². The molecule has 0 amide bonds. The Hall–Kier alpha value is -2.33. The number of unbranched alkanes of at least 4 members (excludes halogenated alkanes) is 1. The van der Waals surface area contributed by atoms with Gasteiger partial charge >= 0.3 is 0 Å². The van der Waals surface area contributed by atoms with Gasteiger partial charge in [-0.25, -0.2) is 4.98 Å². The van der Waals surface area contributed by atoms with Crippen LogP contribution in [0.3, 0.4) is 0 Å². The van der Waals surface area contributed by atoms with E-state index in [4.69, 9.17) is 10.5 Å². The van der Waals surface area contributed by atoms with Gasteiger partial charge < -0.3 is 15.5 Å². The van der Waals surface area contributed by atoms with Gasteiger partial charge in [0.15, 0.2) is 0 Å². The molecule has 0 aliphatic carbocycles. The van der Waals surface area contributed by atoms with Crippen molar-refractivity contribution >= 4 is 10.9 Å². The molecule has 3 rings (SSSR count). The standard InChI is InChI=1S/C22H29N3O/c1-22(2,3)15-11-12-18-17(14-15)16(8-5-6-13-23)21(25-18)19-9-7-10-20(24-19)26-4/h7,9-12,14,25H,5-6,8,13,23H2,1-4H3. The summed E-state index contributed by atoms with van der Waals surface area (Å²) in [6.07, 6.45) is 3.08. The second kappa shape index (κ2) is 7.50. The minimum Gasteiger partial charge on any atom is -0.481 e. The molecule has 2 aromatic heterocycles. The Morgan fingerprint density at radius 1 is 1.12 bits per heavy atom. The number of methoxy groups -OCH3 is 1. The lowest BCUT2D eigenvalue weighted by molar-refractivity contribution is 0.398. The van der Waals surface area contributed by atoms with Gasteiger partial charge in [-0.05, 0) is 60.5 Å². The molecular weight excluding hydrogens is 322 g/mol. The number of aryl methyl sites for hydroxylation is 1. The zero-order chi connectivity index (χ0) is 18.7. The van der Waals surface area contributed by atoms with Crippen LogP contribution in [0.5, 0.6) is 5.88 Å². The number of pyridine rings is 1. The molecule has 1 aromatic carbocycles. The summed E-state index contributed by atoms with van der Waals surface area (Å²) in [7, 11) is 1.65. The van der Waals surface area contributed by atoms with Crippen LogP contribution in [0.4, 0.5) is 0 Å². The van der Waals surface area contributed by atoms with Crippen molar-refractivity contribution in [2.45, 2.75) is 45.4 Å². The number of benzene rings is 1. The average Bonchev–Trinajstić information content (AvgIpc) is 2.99. The van der Waals surface area contributed by atoms with Gasteiger partial charge in [0.2, 0.25) is 5.88 Å². The van der Waals surface area contributed by atoms with E-state index >= 15 is 0 Å². The molecule has 2 heterocycles. The first-order valence-corrected chi connectivity index (χ1v) is 9.30. The van der Waals surface area contributed by atoms with E-state index in [1.807, 2.05) is 18.2 Å². The maximum atomic E-state index is 5.71. The third-order valence-corrected chi connectivity index (χ3v) is 4.84. The van der Waals surface area contributed by atoms with Crippen LogP contribution in [-0.4, -0.2) is 23.6 Å². The Morgan fingerprint density at radius 3 is 2.62 bits per heavy atom. The smallest absolute Gasteiger partial charge is 0.213 e. The second-order valence-corrected chi connectivity index (χ2v) is 7.80. The van der Waals surface area contributed by atoms with Crippen LogP contribution >= 0.6 is 0 Å². The summed E-state index contributed by atoms with van der Waals surface area (Å²) < 4.78 is 5.31. The third-order valence-electron chi connectivity index (χ3n) is 4.84. The molecule has 0 unspecified atom stereocenters. The highest BCUT2D eigenvalue weighted by atomic mass is 16.5. The highest BCUT2D eigenvalue weighted by molar-refractivity contribution is 5.91. The van der Waals surface area contributed by atoms with Crippen LogP contribution in [0.2, 0.25) is 0 Å². The number of aromatic amines is 1. The van der Waals surface area contributed by atoms with E-state index in [1.165, 1.54) is 16.5 Å². The van der Waals surface area contributed by atoms with Gasteiger partial charge in [0.05, 0.1) is 18.5 Å². The minimum absolute atomic E-state index is 0.119. The molecule has 0 atom stereocenters. The van der Waals surface area contributed by atoms with Gasteiger partial charge in [0.1, 0.15) is 0 Å². The molecule has 0 aliphatic rings. The number of fused-ring (bicyclic) bond motifs is 1. The van der Waals surface area contributed by atoms with E-state index < -0.39 is 0 Å². The number of aromatic nitrogens is 2. The number of rotatable bonds is 6. The van der Waals surface area contributed by atoms with Crippen molar-refractivity contribution in [2.75, 3.05) is 13.7 Å². The summed E-state index contributed by atoms with van der Waals surface area (Å²) >= 11 is 0. The average molecular weight is 351 g/mol. The number of nitrogens with two attached hydrogens (primary N) is 1. The minimum atomic E-state index is 0.119. The lowest BCUT2D eigenvalue weighted by atomic mass is 9.86. The molecule has 3 N–H and O–H groups in total. The summed E-state index contributed by atoms with van der Waals surface area (Å²) in [5.74, 6) is 0.629. The first-order valence-electron chi connectivity index (χ1n) is 9.30. The van der Waals surface area contributed by atoms with Gasteiger partial charge in [-0.2, -0.15) is 0 Å². The van der Waals surface area contributed by atoms with Gasteiger partial charge in [-0.1, -0.05) is 32.9 Å². The quantitative estimate of drug-likeness (QED) is 0.626. The van der Waals surface area contributed by atoms with Gasteiger partial charge in [-0.15, -0.1) is 0 Å². The first kappa shape index (κ1) is 18.5. The van der Waals surface area contributed by atoms with Crippen molar-refractivity contribution in [3.05, 3.63) is 47.5 Å². The summed E-state index contributed by atoms with van der Waals surface area (Å²) in [5.41, 5.74) is 11.6. The monoisotopic (exact) mass is 351 g/mol. The lowest BCUT2D eigenvalue weighted by Gasteiger charge is -2.19. The molecule has 0 bridgehead atoms. The van der Waals surface area contributed by atoms with E-state index in [2.05, 4.69) is 48.9 Å². The highest BCUT2D eigenvalue weighted by Crippen LogP contribution is 2.34. The number of nitrogens with one attached hydrogen (secondary N) is 1. The fraction of sp³-hybridized carbons (Fsp3) is 0.409. The maximum Gasteiger partial charge on any atom is 0.213 e. The zero-order valence-corrected chi connectivity index (χ0v) is 16.2. The topological polar surface area (TPSA) is 63.9 Å². The molecule has 4 heteroatoms. The maximum absolute atomic E-state index is 5.71. The van der Waals surface area contributed by atoms with Gasteiger partial charge in [0.25, 0.3) is 0 Å². The lowest BCUT2D eigenvalue weighted by Crippen LogP contribution is -2.10. The fourth-order valence-corrected chi connectivity index (χ4v) is 3.31. The molecule has 0 radical (unpaired) electrons. The van der Waals surface area contributed by atoms with Crippen LogP contribution < -0.4 is 10.5 Å². The number of nitrogens with zero attached hydrogens (tertiary/aromatic N) is 1. The molecule has 0 aliphatic heterocycles. The summed E-state index contributed by atoms with van der Waals surface area (Å²) in [5, 5.41) is 1.29. The summed E-state index contributed by atoms with van der Waals surface area (Å²) in [6, 6.07) is 12.6. The predicted octanol–water partition coefficient (Wildman–Crippen LogP) is 4.82. The molecule has 0 spiro atoms. The van der Waals surface area contributed by atoms with Gasteiger partial charge in [-0.3, -0.25) is 0 Å². The van der Waals surface area contributed by atoms with E-state index in [1.54, 1.807) is 7.11 Å². The second-order valence-electron chi connectivity index (χ2n) is 7.80. The van der Waals surface area contributed by atoms with Crippen molar-refractivity contribution in [1.29, 1.82) is 0 Å². The highest BCUT2D eigenvalue weighted by Gasteiger charge is 2.18. The fourth-order valence-electron chi connectivity index (χ4n) is 3.31. The van der Waals surface area contributed by atoms with E-state index in [-0.39, 0.29) is 5.41 Å². The van der Waals surface area contributed by atoms with E-state index in [0.29, 0.717) is 5.88 Å². The van der Waals surface area contributed by atoms with Crippen molar-refractivity contribution < 1.29 is 4.74 Å². The zero-order valence-electron chi connectivity index (χ0n) is 16.2. The SMILES string of the molecule is COc1cccc(-c2[nH]c3ccc(C(C)(C)C)cc3c2CCCCN)n1. The van der Waals surface area contributed by atoms with Crippen molar-refractivity contribution in [2.24, 2.45) is 5.73 Å². The normalized spacial score (nSPS) is 11.9. The first-order chi connectivity index (χ1) is 12.4. The van der Waals surface area contributed by atoms with Gasteiger partial charge in [0, 0.05) is 17.0 Å². The number of hydrogen-bond acceptors (Lipinski definition) is 3. The molecule has 0 fully saturated rings. The summed E-state index contributed by atoms with van der Waals surface area (Å²) in [4.78, 5) is 8.23. The predicted molar refractivity (Wildman–Crippen MR) is 109 cm³/mol. The van der Waals surface area contributed by atoms with Crippen LogP contribution in [0.1, 0.15) is 44.7 Å². The van der Waals surface area contributed by atoms with Crippen LogP contribution in [0, 0.1) is 0 Å². The summed E-state index contributed by atoms with van der Waals surface area (Å²) in [6.45, 7) is 7.47. The number of ether oxygens (including phenoxy) is 1. The largest absolute Gasteiger partial charge is 0.481 e. The van der Waals surface area contributed by atoms with Crippen LogP contribution in [-0.2, 0) is 11.8 Å². The number of hydrogen-bond donors (Lipinski definition) is 2. The number of H-pyrrole nitrogens is 1. The van der Waals surface area contributed by atoms with E-state index in [9.17, 15) is 0 Å². The van der Waals surface area contributed by atoms with Crippen molar-refractivity contribution in [3.63, 3.8) is 0 Å². The Kier molecular flexibility index (Phi) is 5.33. The Morgan fingerprint density at radius 2 is 1.92 bits per heavy atom.